The Kier molecular flexibility index (Phi) is 11.1. The van der Waals surface area contributed by atoms with Crippen LogP contribution in [0, 0.1) is 0 Å². The van der Waals surface area contributed by atoms with Crippen LogP contribution >= 0.6 is 23.5 Å². The van der Waals surface area contributed by atoms with Gasteiger partial charge < -0.3 is 21.9 Å². The van der Waals surface area contributed by atoms with E-state index in [0.29, 0.717) is 62.3 Å². The largest absolute Gasteiger partial charge is 0.511 e. The molecule has 3 rings (SSSR count). The zero-order valence-corrected chi connectivity index (χ0v) is 17.9. The van der Waals surface area contributed by atoms with Gasteiger partial charge in [0.25, 0.3) is 0 Å². The van der Waals surface area contributed by atoms with Crippen molar-refractivity contribution in [3.05, 3.63) is 21.1 Å². The molecule has 28 heavy (non-hydrogen) atoms. The summed E-state index contributed by atoms with van der Waals surface area (Å²) >= 11 is 2.95. The predicted molar refractivity (Wildman–Crippen MR) is 116 cm³/mol. The van der Waals surface area contributed by atoms with Gasteiger partial charge >= 0.3 is 0 Å². The van der Waals surface area contributed by atoms with Crippen LogP contribution in [-0.4, -0.2) is 67.0 Å². The summed E-state index contributed by atoms with van der Waals surface area (Å²) < 4.78 is 0.863. The van der Waals surface area contributed by atoms with Gasteiger partial charge in [-0.3, -0.25) is 19.4 Å². The summed E-state index contributed by atoms with van der Waals surface area (Å²) in [7, 11) is 0. The maximum absolute atomic E-state index is 11.2. The quantitative estimate of drug-likeness (QED) is 0.379. The lowest BCUT2D eigenvalue weighted by Crippen LogP contribution is -2.23. The Morgan fingerprint density at radius 2 is 1.54 bits per heavy atom. The van der Waals surface area contributed by atoms with E-state index in [4.69, 9.17) is 11.5 Å². The molecular formula is C18H28N4O4S2. The Morgan fingerprint density at radius 3 is 1.89 bits per heavy atom. The van der Waals surface area contributed by atoms with Crippen LogP contribution in [0.1, 0.15) is 25.7 Å². The van der Waals surface area contributed by atoms with Crippen molar-refractivity contribution in [2.45, 2.75) is 25.7 Å². The van der Waals surface area contributed by atoms with E-state index in [1.165, 1.54) is 23.5 Å². The Labute approximate surface area is 173 Å². The van der Waals surface area contributed by atoms with E-state index in [1.807, 2.05) is 12.5 Å². The van der Waals surface area contributed by atoms with Crippen LogP contribution in [0.25, 0.3) is 0 Å². The molecule has 1 fully saturated rings. The third kappa shape index (κ3) is 6.77. The van der Waals surface area contributed by atoms with Crippen molar-refractivity contribution in [1.29, 1.82) is 0 Å². The Hall–Kier alpha value is -1.62. The SMILES string of the molecule is CSC(SC)=C1C(=O)CCC1=O.NCCN.O=C1CCC(O)=C1C1=NCCN1. The molecule has 0 amide bonds. The smallest absolute Gasteiger partial charge is 0.170 e. The number of carbonyl (C=O) groups excluding carboxylic acids is 3. The van der Waals surface area contributed by atoms with Crippen molar-refractivity contribution < 1.29 is 19.5 Å². The fourth-order valence-corrected chi connectivity index (χ4v) is 4.15. The molecule has 0 aromatic rings. The number of Topliss-reactive ketones (excluding diaryl/α,β-unsaturated/α-hetero) is 3. The highest BCUT2D eigenvalue weighted by molar-refractivity contribution is 8.21. The highest BCUT2D eigenvalue weighted by Gasteiger charge is 2.29. The first kappa shape index (κ1) is 24.4. The maximum atomic E-state index is 11.2. The Balaban J connectivity index is 0.000000236. The Morgan fingerprint density at radius 1 is 1.00 bits per heavy atom. The van der Waals surface area contributed by atoms with Gasteiger partial charge in [0, 0.05) is 45.3 Å². The van der Waals surface area contributed by atoms with Crippen molar-refractivity contribution in [2.75, 3.05) is 38.7 Å². The molecule has 1 saturated carbocycles. The molecule has 0 aromatic heterocycles. The highest BCUT2D eigenvalue weighted by atomic mass is 32.2. The van der Waals surface area contributed by atoms with Gasteiger partial charge in [-0.15, -0.1) is 23.5 Å². The van der Waals surface area contributed by atoms with Gasteiger partial charge in [-0.05, 0) is 12.5 Å². The van der Waals surface area contributed by atoms with Gasteiger partial charge in [0.2, 0.25) is 0 Å². The molecule has 1 aliphatic heterocycles. The lowest BCUT2D eigenvalue weighted by atomic mass is 10.2. The second-order valence-corrected chi connectivity index (χ2v) is 7.79. The minimum absolute atomic E-state index is 0.000602. The molecule has 0 atom stereocenters. The molecule has 6 N–H and O–H groups in total. The molecule has 1 heterocycles. The molecule has 2 aliphatic carbocycles. The molecule has 0 bridgehead atoms. The number of hydrogen-bond acceptors (Lipinski definition) is 10. The minimum atomic E-state index is 0.000602. The molecule has 156 valence electrons. The number of nitrogens with one attached hydrogen (secondary N) is 1. The zero-order valence-electron chi connectivity index (χ0n) is 16.2. The molecular weight excluding hydrogens is 400 g/mol. The number of thioether (sulfide) groups is 2. The van der Waals surface area contributed by atoms with Gasteiger partial charge in [0.15, 0.2) is 17.3 Å². The number of hydrogen-bond donors (Lipinski definition) is 4. The summed E-state index contributed by atoms with van der Waals surface area (Å²) in [4.78, 5) is 37.8. The third-order valence-electron chi connectivity index (χ3n) is 3.95. The molecule has 0 spiro atoms. The van der Waals surface area contributed by atoms with E-state index < -0.39 is 0 Å². The number of nitrogens with two attached hydrogens (primary N) is 2. The van der Waals surface area contributed by atoms with E-state index >= 15 is 0 Å². The van der Waals surface area contributed by atoms with Crippen molar-refractivity contribution >= 4 is 46.7 Å². The first-order valence-corrected chi connectivity index (χ1v) is 11.4. The van der Waals surface area contributed by atoms with Crippen molar-refractivity contribution in [1.82, 2.24) is 5.32 Å². The summed E-state index contributed by atoms with van der Waals surface area (Å²) in [6.45, 7) is 2.65. The number of rotatable bonds is 4. The van der Waals surface area contributed by atoms with Crippen LogP contribution in [0.4, 0.5) is 0 Å². The monoisotopic (exact) mass is 428 g/mol. The van der Waals surface area contributed by atoms with Gasteiger partial charge in [-0.25, -0.2) is 0 Å². The fourth-order valence-electron chi connectivity index (χ4n) is 2.62. The molecule has 0 saturated heterocycles. The normalized spacial score (nSPS) is 18.4. The molecule has 0 aromatic carbocycles. The minimum Gasteiger partial charge on any atom is -0.511 e. The van der Waals surface area contributed by atoms with E-state index in [1.54, 1.807) is 0 Å². The van der Waals surface area contributed by atoms with Gasteiger partial charge in [0.1, 0.15) is 11.6 Å². The molecule has 0 unspecified atom stereocenters. The lowest BCUT2D eigenvalue weighted by molar-refractivity contribution is -0.117. The number of carbonyl (C=O) groups is 3. The number of nitrogens with zero attached hydrogens (tertiary/aromatic N) is 1. The fraction of sp³-hybridized carbons (Fsp3) is 0.556. The van der Waals surface area contributed by atoms with Gasteiger partial charge in [0.05, 0.1) is 21.9 Å². The van der Waals surface area contributed by atoms with E-state index in [-0.39, 0.29) is 23.1 Å². The predicted octanol–water partition coefficient (Wildman–Crippen LogP) is 0.923. The zero-order chi connectivity index (χ0) is 21.1. The van der Waals surface area contributed by atoms with E-state index in [9.17, 15) is 19.5 Å². The molecule has 3 aliphatic rings. The summed E-state index contributed by atoms with van der Waals surface area (Å²) in [5.41, 5.74) is 10.7. The van der Waals surface area contributed by atoms with Crippen molar-refractivity contribution in [3.8, 4) is 0 Å². The number of aliphatic hydroxyl groups excluding tert-OH is 1. The van der Waals surface area contributed by atoms with Crippen molar-refractivity contribution in [2.24, 2.45) is 16.5 Å². The lowest BCUT2D eigenvalue weighted by Gasteiger charge is -2.01. The third-order valence-corrected chi connectivity index (χ3v) is 6.10. The summed E-state index contributed by atoms with van der Waals surface area (Å²) in [6.07, 6.45) is 5.46. The van der Waals surface area contributed by atoms with Crippen LogP contribution in [0.15, 0.2) is 26.1 Å². The van der Waals surface area contributed by atoms with Gasteiger partial charge in [-0.1, -0.05) is 0 Å². The maximum Gasteiger partial charge on any atom is 0.170 e. The highest BCUT2D eigenvalue weighted by Crippen LogP contribution is 2.32. The first-order chi connectivity index (χ1) is 13.4. The topological polar surface area (TPSA) is 148 Å². The number of aliphatic hydroxyl groups is 1. The number of aliphatic imine (C=N–C) groups is 1. The van der Waals surface area contributed by atoms with Crippen LogP contribution in [0.5, 0.6) is 0 Å². The second kappa shape index (κ2) is 12.8. The van der Waals surface area contributed by atoms with Crippen LogP contribution in [0.3, 0.4) is 0 Å². The van der Waals surface area contributed by atoms with E-state index in [2.05, 4.69) is 10.3 Å². The number of allylic oxidation sites excluding steroid dienone is 2. The standard InChI is InChI=1S/C8H10N2O2.C8H10O2S2.C2H8N2/c11-5-1-2-6(12)7(5)8-9-3-4-10-8;1-11-8(12-2)7-5(9)3-4-6(7)10;3-1-2-4/h11H,1-4H2,(H,9,10);3-4H2,1-2H3;1-4H2. The van der Waals surface area contributed by atoms with Gasteiger partial charge in [-0.2, -0.15) is 0 Å². The molecule has 0 radical (unpaired) electrons. The molecule has 8 nitrogen and oxygen atoms in total. The van der Waals surface area contributed by atoms with Crippen molar-refractivity contribution in [3.63, 3.8) is 0 Å². The Bertz CT molecular complexity index is 676. The second-order valence-electron chi connectivity index (χ2n) is 5.90. The van der Waals surface area contributed by atoms with Crippen LogP contribution < -0.4 is 16.8 Å². The summed E-state index contributed by atoms with van der Waals surface area (Å²) in [5, 5.41) is 12.3. The van der Waals surface area contributed by atoms with Crippen LogP contribution in [-0.2, 0) is 14.4 Å². The van der Waals surface area contributed by atoms with E-state index in [0.717, 1.165) is 10.8 Å². The number of ketones is 3. The average Bonchev–Trinajstić information content (AvgIpc) is 3.41. The summed E-state index contributed by atoms with van der Waals surface area (Å²) in [5.74, 6) is 0.793. The first-order valence-electron chi connectivity index (χ1n) is 8.93. The number of amidine groups is 1. The van der Waals surface area contributed by atoms with Crippen LogP contribution in [0.2, 0.25) is 0 Å². The molecule has 10 heteroatoms. The average molecular weight is 429 g/mol. The summed E-state index contributed by atoms with van der Waals surface area (Å²) in [6, 6.07) is 0.